The first-order valence-electron chi connectivity index (χ1n) is 10.6. The van der Waals surface area contributed by atoms with Gasteiger partial charge >= 0.3 is 0 Å². The number of aliphatic imine (C=N–C) groups is 1. The van der Waals surface area contributed by atoms with E-state index >= 15 is 0 Å². The van der Waals surface area contributed by atoms with Crippen molar-refractivity contribution in [3.8, 4) is 11.5 Å². The fourth-order valence-electron chi connectivity index (χ4n) is 3.04. The molecule has 0 aliphatic rings. The Kier molecular flexibility index (Phi) is 9.77. The highest BCUT2D eigenvalue weighted by Gasteiger charge is 2.08. The standard InChI is InChI=1S/C23H35N5O2/c1-6-24-23(27-17-19-10-9-14-25-22(19)28(4)5)26-15-13-18-11-12-20(29-7-2)21(16-18)30-8-3/h9-12,14,16H,6-8,13,15,17H2,1-5H3,(H2,24,26,27). The van der Waals surface area contributed by atoms with Gasteiger partial charge in [0, 0.05) is 38.9 Å². The predicted octanol–water partition coefficient (Wildman–Crippen LogP) is 3.24. The Morgan fingerprint density at radius 2 is 1.80 bits per heavy atom. The van der Waals surface area contributed by atoms with Crippen molar-refractivity contribution in [3.05, 3.63) is 47.7 Å². The van der Waals surface area contributed by atoms with E-state index in [1.54, 1.807) is 6.20 Å². The van der Waals surface area contributed by atoms with E-state index in [4.69, 9.17) is 14.5 Å². The van der Waals surface area contributed by atoms with Crippen molar-refractivity contribution in [1.29, 1.82) is 0 Å². The van der Waals surface area contributed by atoms with E-state index in [2.05, 4.69) is 40.7 Å². The molecule has 164 valence electrons. The van der Waals surface area contributed by atoms with Crippen molar-refractivity contribution in [2.45, 2.75) is 33.7 Å². The number of rotatable bonds is 11. The van der Waals surface area contributed by atoms with E-state index in [-0.39, 0.29) is 0 Å². The molecule has 0 bridgehead atoms. The van der Waals surface area contributed by atoms with Gasteiger partial charge < -0.3 is 25.0 Å². The highest BCUT2D eigenvalue weighted by Crippen LogP contribution is 2.28. The van der Waals surface area contributed by atoms with E-state index in [9.17, 15) is 0 Å². The summed E-state index contributed by atoms with van der Waals surface area (Å²) in [5, 5.41) is 6.72. The van der Waals surface area contributed by atoms with Gasteiger partial charge in [-0.05, 0) is 51.0 Å². The molecule has 0 aliphatic carbocycles. The van der Waals surface area contributed by atoms with Gasteiger partial charge in [-0.25, -0.2) is 9.98 Å². The van der Waals surface area contributed by atoms with Gasteiger partial charge in [0.1, 0.15) is 5.82 Å². The van der Waals surface area contributed by atoms with Crippen molar-refractivity contribution >= 4 is 11.8 Å². The number of guanidine groups is 1. The molecule has 1 aromatic heterocycles. The summed E-state index contributed by atoms with van der Waals surface area (Å²) in [4.78, 5) is 11.2. The first kappa shape index (κ1) is 23.3. The Hall–Kier alpha value is -2.96. The van der Waals surface area contributed by atoms with Crippen molar-refractivity contribution in [2.24, 2.45) is 4.99 Å². The number of benzene rings is 1. The van der Waals surface area contributed by atoms with Crippen LogP contribution in [0.3, 0.4) is 0 Å². The lowest BCUT2D eigenvalue weighted by molar-refractivity contribution is 0.287. The van der Waals surface area contributed by atoms with Crippen LogP contribution in [-0.4, -0.2) is 51.3 Å². The molecule has 0 fully saturated rings. The van der Waals surface area contributed by atoms with E-state index in [1.807, 2.05) is 45.0 Å². The number of anilines is 1. The normalized spacial score (nSPS) is 11.2. The van der Waals surface area contributed by atoms with Crippen LogP contribution in [0.1, 0.15) is 31.9 Å². The van der Waals surface area contributed by atoms with Gasteiger partial charge in [0.25, 0.3) is 0 Å². The first-order chi connectivity index (χ1) is 14.6. The number of nitrogens with one attached hydrogen (secondary N) is 2. The molecule has 0 amide bonds. The van der Waals surface area contributed by atoms with Crippen LogP contribution in [0.4, 0.5) is 5.82 Å². The minimum absolute atomic E-state index is 0.564. The van der Waals surface area contributed by atoms with Crippen LogP contribution in [0.15, 0.2) is 41.5 Å². The second kappa shape index (κ2) is 12.6. The molecule has 0 atom stereocenters. The monoisotopic (exact) mass is 413 g/mol. The van der Waals surface area contributed by atoms with E-state index in [0.29, 0.717) is 19.8 Å². The highest BCUT2D eigenvalue weighted by atomic mass is 16.5. The van der Waals surface area contributed by atoms with Crippen LogP contribution >= 0.6 is 0 Å². The molecule has 0 aliphatic heterocycles. The average Bonchev–Trinajstić information content (AvgIpc) is 2.74. The lowest BCUT2D eigenvalue weighted by Gasteiger charge is -2.16. The number of hydrogen-bond donors (Lipinski definition) is 2. The van der Waals surface area contributed by atoms with Crippen molar-refractivity contribution in [3.63, 3.8) is 0 Å². The Morgan fingerprint density at radius 1 is 1.03 bits per heavy atom. The number of ether oxygens (including phenoxy) is 2. The summed E-state index contributed by atoms with van der Waals surface area (Å²) in [5.41, 5.74) is 2.28. The van der Waals surface area contributed by atoms with Gasteiger partial charge in [-0.3, -0.25) is 0 Å². The maximum absolute atomic E-state index is 5.72. The maximum atomic E-state index is 5.72. The summed E-state index contributed by atoms with van der Waals surface area (Å²) in [6.07, 6.45) is 2.66. The van der Waals surface area contributed by atoms with Crippen LogP contribution in [0.5, 0.6) is 11.5 Å². The van der Waals surface area contributed by atoms with Gasteiger partial charge in [-0.2, -0.15) is 0 Å². The van der Waals surface area contributed by atoms with E-state index in [1.165, 1.54) is 5.56 Å². The third kappa shape index (κ3) is 7.13. The Morgan fingerprint density at radius 3 is 2.50 bits per heavy atom. The Labute approximate surface area is 180 Å². The quantitative estimate of drug-likeness (QED) is 0.435. The maximum Gasteiger partial charge on any atom is 0.191 e. The fourth-order valence-corrected chi connectivity index (χ4v) is 3.04. The molecule has 0 radical (unpaired) electrons. The largest absolute Gasteiger partial charge is 0.490 e. The van der Waals surface area contributed by atoms with Gasteiger partial charge in [0.2, 0.25) is 0 Å². The van der Waals surface area contributed by atoms with Crippen molar-refractivity contribution in [1.82, 2.24) is 15.6 Å². The molecule has 30 heavy (non-hydrogen) atoms. The molecule has 2 N–H and O–H groups in total. The predicted molar refractivity (Wildman–Crippen MR) is 124 cm³/mol. The molecule has 0 spiro atoms. The smallest absolute Gasteiger partial charge is 0.191 e. The molecular formula is C23H35N5O2. The molecule has 7 heteroatoms. The zero-order valence-electron chi connectivity index (χ0n) is 18.9. The van der Waals surface area contributed by atoms with Gasteiger partial charge in [-0.15, -0.1) is 0 Å². The van der Waals surface area contributed by atoms with Crippen LogP contribution in [0, 0.1) is 0 Å². The minimum Gasteiger partial charge on any atom is -0.490 e. The molecular weight excluding hydrogens is 378 g/mol. The summed E-state index contributed by atoms with van der Waals surface area (Å²) in [6, 6.07) is 10.1. The molecule has 0 saturated heterocycles. The molecule has 0 saturated carbocycles. The van der Waals surface area contributed by atoms with Gasteiger partial charge in [0.05, 0.1) is 19.8 Å². The lowest BCUT2D eigenvalue weighted by Crippen LogP contribution is -2.38. The van der Waals surface area contributed by atoms with Crippen LogP contribution in [-0.2, 0) is 13.0 Å². The van der Waals surface area contributed by atoms with Crippen LogP contribution in [0.25, 0.3) is 0 Å². The van der Waals surface area contributed by atoms with Gasteiger partial charge in [-0.1, -0.05) is 12.1 Å². The molecule has 2 aromatic rings. The van der Waals surface area contributed by atoms with E-state index in [0.717, 1.165) is 48.4 Å². The summed E-state index contributed by atoms with van der Waals surface area (Å²) < 4.78 is 11.4. The number of nitrogens with zero attached hydrogens (tertiary/aromatic N) is 3. The second-order valence-corrected chi connectivity index (χ2v) is 6.90. The van der Waals surface area contributed by atoms with Crippen LogP contribution in [0.2, 0.25) is 0 Å². The summed E-state index contributed by atoms with van der Waals surface area (Å²) in [7, 11) is 3.98. The van der Waals surface area contributed by atoms with Crippen molar-refractivity contribution in [2.75, 3.05) is 45.3 Å². The first-order valence-corrected chi connectivity index (χ1v) is 10.6. The average molecular weight is 414 g/mol. The third-order valence-electron chi connectivity index (χ3n) is 4.36. The minimum atomic E-state index is 0.564. The molecule has 1 heterocycles. The Bertz CT molecular complexity index is 808. The molecule has 1 aromatic carbocycles. The second-order valence-electron chi connectivity index (χ2n) is 6.90. The van der Waals surface area contributed by atoms with Gasteiger partial charge in [0.15, 0.2) is 17.5 Å². The Balaban J connectivity index is 1.99. The van der Waals surface area contributed by atoms with E-state index < -0.39 is 0 Å². The SMILES string of the molecule is CCNC(=NCc1cccnc1N(C)C)NCCc1ccc(OCC)c(OCC)c1. The summed E-state index contributed by atoms with van der Waals surface area (Å²) >= 11 is 0. The third-order valence-corrected chi connectivity index (χ3v) is 4.36. The highest BCUT2D eigenvalue weighted by molar-refractivity contribution is 5.79. The molecule has 0 unspecified atom stereocenters. The fraction of sp³-hybridized carbons (Fsp3) is 0.478. The number of aromatic nitrogens is 1. The molecule has 7 nitrogen and oxygen atoms in total. The summed E-state index contributed by atoms with van der Waals surface area (Å²) in [6.45, 7) is 9.38. The zero-order valence-corrected chi connectivity index (χ0v) is 18.9. The van der Waals surface area contributed by atoms with Crippen LogP contribution < -0.4 is 25.0 Å². The lowest BCUT2D eigenvalue weighted by atomic mass is 10.1. The molecule has 2 rings (SSSR count). The van der Waals surface area contributed by atoms with Crippen molar-refractivity contribution < 1.29 is 9.47 Å². The number of hydrogen-bond acceptors (Lipinski definition) is 5. The number of pyridine rings is 1. The topological polar surface area (TPSA) is 71.0 Å². The zero-order chi connectivity index (χ0) is 21.8. The summed E-state index contributed by atoms with van der Waals surface area (Å²) in [5.74, 6) is 3.32.